The van der Waals surface area contributed by atoms with Gasteiger partial charge in [0.15, 0.2) is 15.8 Å². The van der Waals surface area contributed by atoms with Crippen LogP contribution in [0.25, 0.3) is 0 Å². The van der Waals surface area contributed by atoms with E-state index >= 15 is 0 Å². The van der Waals surface area contributed by atoms with Crippen molar-refractivity contribution in [2.75, 3.05) is 18.0 Å². The van der Waals surface area contributed by atoms with Gasteiger partial charge < -0.3 is 22.1 Å². The Labute approximate surface area is 155 Å². The molecule has 1 aromatic carbocycles. The van der Waals surface area contributed by atoms with Gasteiger partial charge in [-0.3, -0.25) is 0 Å². The van der Waals surface area contributed by atoms with Crippen LogP contribution in [0.3, 0.4) is 0 Å². The maximum Gasteiger partial charge on any atom is 0.223 e. The van der Waals surface area contributed by atoms with Crippen LogP contribution in [0.1, 0.15) is 33.6 Å². The van der Waals surface area contributed by atoms with Crippen molar-refractivity contribution in [1.29, 1.82) is 0 Å². The molecular weight excluding hydrogens is 352 g/mol. The average molecular weight is 381 g/mol. The highest BCUT2D eigenvalue weighted by Gasteiger charge is 2.25. The van der Waals surface area contributed by atoms with Crippen molar-refractivity contribution in [1.82, 2.24) is 0 Å². The van der Waals surface area contributed by atoms with Crippen LogP contribution in [0.4, 0.5) is 11.4 Å². The van der Waals surface area contributed by atoms with Crippen LogP contribution in [0.5, 0.6) is 0 Å². The number of benzene rings is 1. The van der Waals surface area contributed by atoms with E-state index in [1.54, 1.807) is 26.0 Å². The summed E-state index contributed by atoms with van der Waals surface area (Å²) in [5, 5.41) is -0.582. The predicted octanol–water partition coefficient (Wildman–Crippen LogP) is 1.32. The van der Waals surface area contributed by atoms with Crippen LogP contribution in [-0.2, 0) is 9.84 Å². The molecule has 2 rings (SSSR count). The molecule has 8 nitrogen and oxygen atoms in total. The van der Waals surface area contributed by atoms with Crippen molar-refractivity contribution in [3.05, 3.63) is 18.2 Å². The summed E-state index contributed by atoms with van der Waals surface area (Å²) >= 11 is 0. The molecule has 0 saturated carbocycles. The van der Waals surface area contributed by atoms with Gasteiger partial charge in [-0.05, 0) is 50.8 Å². The van der Waals surface area contributed by atoms with E-state index in [2.05, 4.69) is 21.8 Å². The van der Waals surface area contributed by atoms with Crippen molar-refractivity contribution in [3.8, 4) is 0 Å². The fraction of sp³-hybridized carbons (Fsp3) is 0.529. The summed E-state index contributed by atoms with van der Waals surface area (Å²) in [6, 6.07) is 5.15. The lowest BCUT2D eigenvalue weighted by Crippen LogP contribution is -2.34. The number of guanidine groups is 2. The molecular formula is C17H28N6O2S. The Balaban J connectivity index is 2.54. The van der Waals surface area contributed by atoms with Gasteiger partial charge in [-0.2, -0.15) is 4.99 Å². The fourth-order valence-electron chi connectivity index (χ4n) is 2.99. The fourth-order valence-corrected chi connectivity index (χ4v) is 4.15. The summed E-state index contributed by atoms with van der Waals surface area (Å²) in [6.07, 6.45) is 2.29. The molecule has 1 saturated heterocycles. The third-order valence-corrected chi connectivity index (χ3v) is 6.57. The number of rotatable bonds is 4. The topological polar surface area (TPSA) is 140 Å². The van der Waals surface area contributed by atoms with Gasteiger partial charge in [-0.25, -0.2) is 13.4 Å². The molecule has 0 spiro atoms. The van der Waals surface area contributed by atoms with E-state index in [-0.39, 0.29) is 22.5 Å². The van der Waals surface area contributed by atoms with E-state index in [9.17, 15) is 8.42 Å². The van der Waals surface area contributed by atoms with Crippen molar-refractivity contribution < 1.29 is 8.42 Å². The normalized spacial score (nSPS) is 18.8. The average Bonchev–Trinajstić information content (AvgIpc) is 2.53. The minimum atomic E-state index is -3.53. The zero-order valence-corrected chi connectivity index (χ0v) is 16.3. The molecule has 0 bridgehead atoms. The number of sulfone groups is 1. The van der Waals surface area contributed by atoms with E-state index < -0.39 is 15.1 Å². The molecule has 1 atom stereocenters. The molecule has 144 valence electrons. The third kappa shape index (κ3) is 4.66. The zero-order valence-electron chi connectivity index (χ0n) is 15.5. The van der Waals surface area contributed by atoms with Gasteiger partial charge in [0, 0.05) is 18.8 Å². The first-order valence-corrected chi connectivity index (χ1v) is 10.2. The lowest BCUT2D eigenvalue weighted by atomic mass is 10.00. The van der Waals surface area contributed by atoms with Crippen molar-refractivity contribution >= 4 is 33.1 Å². The second-order valence-electron chi connectivity index (χ2n) is 6.95. The maximum atomic E-state index is 12.7. The minimum absolute atomic E-state index is 0.120. The SMILES string of the molecule is CC1CCCN(c2ccc(S(=O)(=O)C(C)C)c(N=C(N)N=C(N)N)c2)C1. The Morgan fingerprint density at radius 3 is 2.54 bits per heavy atom. The molecule has 1 unspecified atom stereocenters. The molecule has 0 aliphatic carbocycles. The number of nitrogens with zero attached hydrogens (tertiary/aromatic N) is 3. The van der Waals surface area contributed by atoms with Gasteiger partial charge >= 0.3 is 0 Å². The first-order valence-electron chi connectivity index (χ1n) is 8.68. The standard InChI is InChI=1S/C17H28N6O2S/c1-11(2)26(24,25)15-7-6-13(23-8-4-5-12(3)10-23)9-14(15)21-17(20)22-16(18)19/h6-7,9,11-12H,4-5,8,10H2,1-3H3,(H6,18,19,20,21,22). The van der Waals surface area contributed by atoms with E-state index in [0.717, 1.165) is 25.2 Å². The van der Waals surface area contributed by atoms with Gasteiger partial charge in [0.2, 0.25) is 5.96 Å². The van der Waals surface area contributed by atoms with E-state index in [1.807, 2.05) is 6.07 Å². The smallest absolute Gasteiger partial charge is 0.223 e. The highest BCUT2D eigenvalue weighted by molar-refractivity contribution is 7.92. The Kier molecular flexibility index (Phi) is 6.12. The second kappa shape index (κ2) is 7.94. The van der Waals surface area contributed by atoms with Gasteiger partial charge in [-0.1, -0.05) is 6.92 Å². The molecule has 0 amide bonds. The number of hydrogen-bond donors (Lipinski definition) is 3. The molecule has 26 heavy (non-hydrogen) atoms. The van der Waals surface area contributed by atoms with Crippen LogP contribution in [0.2, 0.25) is 0 Å². The number of nitrogens with two attached hydrogens (primary N) is 3. The first-order chi connectivity index (χ1) is 12.1. The monoisotopic (exact) mass is 380 g/mol. The number of anilines is 1. The Morgan fingerprint density at radius 2 is 1.96 bits per heavy atom. The molecule has 6 N–H and O–H groups in total. The molecule has 1 heterocycles. The van der Waals surface area contributed by atoms with Crippen LogP contribution in [0.15, 0.2) is 33.1 Å². The largest absolute Gasteiger partial charge is 0.371 e. The summed E-state index contributed by atoms with van der Waals surface area (Å²) in [5.74, 6) is 0.163. The summed E-state index contributed by atoms with van der Waals surface area (Å²) < 4.78 is 25.4. The van der Waals surface area contributed by atoms with Crippen molar-refractivity contribution in [2.45, 2.75) is 43.8 Å². The molecule has 1 aliphatic heterocycles. The second-order valence-corrected chi connectivity index (χ2v) is 9.42. The zero-order chi connectivity index (χ0) is 19.5. The third-order valence-electron chi connectivity index (χ3n) is 4.37. The summed E-state index contributed by atoms with van der Waals surface area (Å²) in [7, 11) is -3.53. The number of hydrogen-bond acceptors (Lipinski definition) is 4. The lowest BCUT2D eigenvalue weighted by Gasteiger charge is -2.33. The van der Waals surface area contributed by atoms with Crippen LogP contribution < -0.4 is 22.1 Å². The summed E-state index contributed by atoms with van der Waals surface area (Å²) in [4.78, 5) is 10.2. The quantitative estimate of drug-likeness (QED) is 0.531. The molecule has 1 aliphatic rings. The molecule has 1 fully saturated rings. The lowest BCUT2D eigenvalue weighted by molar-refractivity contribution is 0.447. The predicted molar refractivity (Wildman–Crippen MR) is 106 cm³/mol. The van der Waals surface area contributed by atoms with Gasteiger partial charge in [0.25, 0.3) is 0 Å². The first kappa shape index (κ1) is 20.0. The van der Waals surface area contributed by atoms with Crippen molar-refractivity contribution in [2.24, 2.45) is 33.1 Å². The van der Waals surface area contributed by atoms with Gasteiger partial charge in [0.1, 0.15) is 0 Å². The van der Waals surface area contributed by atoms with Gasteiger partial charge in [0.05, 0.1) is 15.8 Å². The van der Waals surface area contributed by atoms with Crippen LogP contribution >= 0.6 is 0 Å². The Bertz CT molecular complexity index is 813. The summed E-state index contributed by atoms with van der Waals surface area (Å²) in [6.45, 7) is 7.31. The highest BCUT2D eigenvalue weighted by Crippen LogP contribution is 2.33. The number of aliphatic imine (C=N–C) groups is 2. The summed E-state index contributed by atoms with van der Waals surface area (Å²) in [5.41, 5.74) is 17.5. The molecule has 1 aromatic rings. The Hall–Kier alpha value is -2.29. The molecule has 9 heteroatoms. The van der Waals surface area contributed by atoms with E-state index in [1.165, 1.54) is 6.42 Å². The van der Waals surface area contributed by atoms with E-state index in [0.29, 0.717) is 5.92 Å². The number of piperidine rings is 1. The van der Waals surface area contributed by atoms with E-state index in [4.69, 9.17) is 17.2 Å². The van der Waals surface area contributed by atoms with Crippen molar-refractivity contribution in [3.63, 3.8) is 0 Å². The highest BCUT2D eigenvalue weighted by atomic mass is 32.2. The Morgan fingerprint density at radius 1 is 1.27 bits per heavy atom. The van der Waals surface area contributed by atoms with Gasteiger partial charge in [-0.15, -0.1) is 0 Å². The molecule has 0 aromatic heterocycles. The molecule has 0 radical (unpaired) electrons. The van der Waals surface area contributed by atoms with Crippen LogP contribution in [-0.4, -0.2) is 38.7 Å². The minimum Gasteiger partial charge on any atom is -0.371 e. The van der Waals surface area contributed by atoms with Crippen LogP contribution in [0, 0.1) is 5.92 Å². The maximum absolute atomic E-state index is 12.7.